The Hall–Kier alpha value is -0.770. The van der Waals surface area contributed by atoms with Gasteiger partial charge in [0.15, 0.2) is 0 Å². The van der Waals surface area contributed by atoms with Gasteiger partial charge >= 0.3 is 6.03 Å². The van der Waals surface area contributed by atoms with Crippen molar-refractivity contribution in [1.29, 1.82) is 0 Å². The van der Waals surface area contributed by atoms with Gasteiger partial charge in [0.05, 0.1) is 0 Å². The van der Waals surface area contributed by atoms with Crippen molar-refractivity contribution in [3.05, 3.63) is 0 Å². The summed E-state index contributed by atoms with van der Waals surface area (Å²) in [6.07, 6.45) is 0. The SMILES string of the molecule is CCNC(=O)NCC1(C)CNCC1C. The Kier molecular flexibility index (Phi) is 3.75. The lowest BCUT2D eigenvalue weighted by Crippen LogP contribution is -2.44. The van der Waals surface area contributed by atoms with Crippen LogP contribution in [0.4, 0.5) is 4.79 Å². The van der Waals surface area contributed by atoms with Crippen LogP contribution in [-0.4, -0.2) is 32.2 Å². The predicted molar refractivity (Wildman–Crippen MR) is 57.2 cm³/mol. The van der Waals surface area contributed by atoms with E-state index in [2.05, 4.69) is 29.8 Å². The molecule has 2 unspecified atom stereocenters. The monoisotopic (exact) mass is 199 g/mol. The van der Waals surface area contributed by atoms with E-state index >= 15 is 0 Å². The Morgan fingerprint density at radius 1 is 1.57 bits per heavy atom. The van der Waals surface area contributed by atoms with Crippen LogP contribution in [0.25, 0.3) is 0 Å². The molecule has 0 aromatic heterocycles. The van der Waals surface area contributed by atoms with E-state index in [1.54, 1.807) is 0 Å². The molecule has 1 heterocycles. The molecule has 1 aliphatic rings. The van der Waals surface area contributed by atoms with Crippen molar-refractivity contribution in [1.82, 2.24) is 16.0 Å². The molecule has 2 atom stereocenters. The Morgan fingerprint density at radius 3 is 2.79 bits per heavy atom. The molecule has 3 N–H and O–H groups in total. The average molecular weight is 199 g/mol. The number of amides is 2. The molecule has 0 spiro atoms. The Morgan fingerprint density at radius 2 is 2.29 bits per heavy atom. The summed E-state index contributed by atoms with van der Waals surface area (Å²) < 4.78 is 0. The molecule has 0 bridgehead atoms. The highest BCUT2D eigenvalue weighted by molar-refractivity contribution is 5.73. The lowest BCUT2D eigenvalue weighted by atomic mass is 9.81. The fourth-order valence-electron chi connectivity index (χ4n) is 1.74. The van der Waals surface area contributed by atoms with Crippen molar-refractivity contribution in [2.24, 2.45) is 11.3 Å². The summed E-state index contributed by atoms with van der Waals surface area (Å²) >= 11 is 0. The molecule has 0 saturated carbocycles. The number of carbonyl (C=O) groups is 1. The first kappa shape index (κ1) is 11.3. The van der Waals surface area contributed by atoms with Crippen LogP contribution >= 0.6 is 0 Å². The number of hydrogen-bond donors (Lipinski definition) is 3. The van der Waals surface area contributed by atoms with E-state index < -0.39 is 0 Å². The second-order valence-electron chi connectivity index (χ2n) is 4.40. The van der Waals surface area contributed by atoms with Gasteiger partial charge in [-0.25, -0.2) is 4.79 Å². The third kappa shape index (κ3) is 2.61. The molecule has 82 valence electrons. The second-order valence-corrected chi connectivity index (χ2v) is 4.40. The van der Waals surface area contributed by atoms with Crippen molar-refractivity contribution >= 4 is 6.03 Å². The maximum atomic E-state index is 11.2. The van der Waals surface area contributed by atoms with E-state index in [0.717, 1.165) is 19.6 Å². The van der Waals surface area contributed by atoms with Crippen molar-refractivity contribution in [2.45, 2.75) is 20.8 Å². The van der Waals surface area contributed by atoms with Gasteiger partial charge in [-0.2, -0.15) is 0 Å². The molecule has 1 fully saturated rings. The molecular weight excluding hydrogens is 178 g/mol. The summed E-state index contributed by atoms with van der Waals surface area (Å²) in [6.45, 7) is 9.81. The van der Waals surface area contributed by atoms with Gasteiger partial charge in [0, 0.05) is 25.0 Å². The van der Waals surface area contributed by atoms with Gasteiger partial charge in [0.25, 0.3) is 0 Å². The molecule has 0 aliphatic carbocycles. The molecule has 1 aliphatic heterocycles. The van der Waals surface area contributed by atoms with Crippen LogP contribution in [0.2, 0.25) is 0 Å². The predicted octanol–water partition coefficient (Wildman–Crippen LogP) is 0.551. The van der Waals surface area contributed by atoms with Crippen LogP contribution in [0.15, 0.2) is 0 Å². The largest absolute Gasteiger partial charge is 0.338 e. The van der Waals surface area contributed by atoms with E-state index in [1.165, 1.54) is 0 Å². The molecular formula is C10H21N3O. The molecule has 0 aromatic rings. The van der Waals surface area contributed by atoms with Crippen molar-refractivity contribution in [3.63, 3.8) is 0 Å². The first-order valence-electron chi connectivity index (χ1n) is 5.31. The van der Waals surface area contributed by atoms with Crippen LogP contribution < -0.4 is 16.0 Å². The van der Waals surface area contributed by atoms with Gasteiger partial charge in [-0.05, 0) is 19.4 Å². The van der Waals surface area contributed by atoms with Crippen LogP contribution in [0.3, 0.4) is 0 Å². The van der Waals surface area contributed by atoms with E-state index in [9.17, 15) is 4.79 Å². The summed E-state index contributed by atoms with van der Waals surface area (Å²) in [5, 5.41) is 8.98. The van der Waals surface area contributed by atoms with Crippen LogP contribution in [0.5, 0.6) is 0 Å². The minimum Gasteiger partial charge on any atom is -0.338 e. The van der Waals surface area contributed by atoms with Crippen LogP contribution in [0.1, 0.15) is 20.8 Å². The minimum absolute atomic E-state index is 0.0622. The van der Waals surface area contributed by atoms with Crippen LogP contribution in [-0.2, 0) is 0 Å². The fourth-order valence-corrected chi connectivity index (χ4v) is 1.74. The molecule has 0 radical (unpaired) electrons. The number of carbonyl (C=O) groups excluding carboxylic acids is 1. The second kappa shape index (κ2) is 4.64. The highest BCUT2D eigenvalue weighted by Crippen LogP contribution is 2.29. The lowest BCUT2D eigenvalue weighted by molar-refractivity contribution is 0.223. The van der Waals surface area contributed by atoms with Gasteiger partial charge in [-0.1, -0.05) is 13.8 Å². The third-order valence-corrected chi connectivity index (χ3v) is 3.16. The maximum absolute atomic E-state index is 11.2. The summed E-state index contributed by atoms with van der Waals surface area (Å²) in [5.41, 5.74) is 0.199. The zero-order valence-corrected chi connectivity index (χ0v) is 9.31. The molecule has 14 heavy (non-hydrogen) atoms. The van der Waals surface area contributed by atoms with Crippen molar-refractivity contribution in [3.8, 4) is 0 Å². The normalized spacial score (nSPS) is 31.5. The van der Waals surface area contributed by atoms with Gasteiger partial charge in [-0.15, -0.1) is 0 Å². The molecule has 1 rings (SSSR count). The lowest BCUT2D eigenvalue weighted by Gasteiger charge is -2.28. The Balaban J connectivity index is 2.32. The smallest absolute Gasteiger partial charge is 0.314 e. The van der Waals surface area contributed by atoms with Crippen molar-refractivity contribution in [2.75, 3.05) is 26.2 Å². The van der Waals surface area contributed by atoms with E-state index in [-0.39, 0.29) is 11.4 Å². The molecule has 2 amide bonds. The summed E-state index contributed by atoms with van der Waals surface area (Å²) in [6, 6.07) is -0.0622. The van der Waals surface area contributed by atoms with Crippen molar-refractivity contribution < 1.29 is 4.79 Å². The zero-order chi connectivity index (χ0) is 10.6. The van der Waals surface area contributed by atoms with E-state index in [0.29, 0.717) is 12.5 Å². The molecule has 4 heteroatoms. The zero-order valence-electron chi connectivity index (χ0n) is 9.31. The summed E-state index contributed by atoms with van der Waals surface area (Å²) in [7, 11) is 0. The van der Waals surface area contributed by atoms with Gasteiger partial charge < -0.3 is 16.0 Å². The minimum atomic E-state index is -0.0622. The Bertz CT molecular complexity index is 208. The fraction of sp³-hybridized carbons (Fsp3) is 0.900. The third-order valence-electron chi connectivity index (χ3n) is 3.16. The highest BCUT2D eigenvalue weighted by Gasteiger charge is 2.35. The average Bonchev–Trinajstić information content (AvgIpc) is 2.46. The topological polar surface area (TPSA) is 53.2 Å². The van der Waals surface area contributed by atoms with E-state index in [1.807, 2.05) is 6.92 Å². The summed E-state index contributed by atoms with van der Waals surface area (Å²) in [4.78, 5) is 11.2. The molecule has 4 nitrogen and oxygen atoms in total. The number of rotatable bonds is 3. The molecule has 0 aromatic carbocycles. The Labute approximate surface area is 85.8 Å². The van der Waals surface area contributed by atoms with Gasteiger partial charge in [0.1, 0.15) is 0 Å². The highest BCUT2D eigenvalue weighted by atomic mass is 16.2. The first-order valence-corrected chi connectivity index (χ1v) is 5.31. The van der Waals surface area contributed by atoms with Gasteiger partial charge in [0.2, 0.25) is 0 Å². The number of hydrogen-bond acceptors (Lipinski definition) is 2. The maximum Gasteiger partial charge on any atom is 0.314 e. The molecule has 1 saturated heterocycles. The van der Waals surface area contributed by atoms with Crippen LogP contribution in [0, 0.1) is 11.3 Å². The number of nitrogens with one attached hydrogen (secondary N) is 3. The quantitative estimate of drug-likeness (QED) is 0.622. The number of urea groups is 1. The first-order chi connectivity index (χ1) is 6.58. The standard InChI is InChI=1S/C10H21N3O/c1-4-12-9(14)13-7-10(3)6-11-5-8(10)2/h8,11H,4-7H2,1-3H3,(H2,12,13,14). The summed E-state index contributed by atoms with van der Waals surface area (Å²) in [5.74, 6) is 0.615. The van der Waals surface area contributed by atoms with Gasteiger partial charge in [-0.3, -0.25) is 0 Å². The van der Waals surface area contributed by atoms with E-state index in [4.69, 9.17) is 0 Å².